The first-order valence-corrected chi connectivity index (χ1v) is 14.1. The summed E-state index contributed by atoms with van der Waals surface area (Å²) < 4.78 is 17.4. The number of carbonyl (C=O) groups is 1. The second kappa shape index (κ2) is 13.7. The van der Waals surface area contributed by atoms with Crippen LogP contribution in [0, 0.1) is 5.41 Å². The van der Waals surface area contributed by atoms with E-state index in [1.807, 2.05) is 29.2 Å². The van der Waals surface area contributed by atoms with E-state index < -0.39 is 0 Å². The number of carbonyl (C=O) groups excluding carboxylic acids is 1. The Labute approximate surface area is 222 Å². The number of piperidine rings is 1. The minimum atomic E-state index is 0.0484. The summed E-state index contributed by atoms with van der Waals surface area (Å²) in [5, 5.41) is 0. The van der Waals surface area contributed by atoms with Crippen molar-refractivity contribution in [1.29, 1.82) is 0 Å². The van der Waals surface area contributed by atoms with E-state index in [9.17, 15) is 4.79 Å². The highest BCUT2D eigenvalue weighted by Crippen LogP contribution is 2.38. The number of aryl methyl sites for hydroxylation is 1. The number of hydrogen-bond acceptors (Lipinski definition) is 5. The van der Waals surface area contributed by atoms with Gasteiger partial charge in [-0.3, -0.25) is 9.69 Å². The first-order valence-electron chi connectivity index (χ1n) is 14.1. The highest BCUT2D eigenvalue weighted by molar-refractivity contribution is 5.78. The molecule has 37 heavy (non-hydrogen) atoms. The fourth-order valence-electron chi connectivity index (χ4n) is 5.76. The third kappa shape index (κ3) is 7.64. The fourth-order valence-corrected chi connectivity index (χ4v) is 5.76. The number of rotatable bonds is 7. The van der Waals surface area contributed by atoms with Crippen molar-refractivity contribution < 1.29 is 19.0 Å². The molecule has 2 aromatic carbocycles. The quantitative estimate of drug-likeness (QED) is 0.488. The molecule has 0 aliphatic carbocycles. The van der Waals surface area contributed by atoms with Crippen molar-refractivity contribution in [2.75, 3.05) is 53.0 Å². The molecule has 0 saturated carbocycles. The lowest BCUT2D eigenvalue weighted by Crippen LogP contribution is -2.49. The summed E-state index contributed by atoms with van der Waals surface area (Å²) in [4.78, 5) is 17.6. The number of para-hydroxylation sites is 3. The van der Waals surface area contributed by atoms with Gasteiger partial charge in [-0.25, -0.2) is 0 Å². The van der Waals surface area contributed by atoms with E-state index in [-0.39, 0.29) is 17.9 Å². The predicted molar refractivity (Wildman–Crippen MR) is 148 cm³/mol. The maximum atomic E-state index is 13.0. The van der Waals surface area contributed by atoms with Gasteiger partial charge >= 0.3 is 0 Å². The molecule has 1 saturated heterocycles. The van der Waals surface area contributed by atoms with Gasteiger partial charge in [0.25, 0.3) is 5.91 Å². The molecule has 0 bridgehead atoms. The van der Waals surface area contributed by atoms with Gasteiger partial charge in [0.1, 0.15) is 12.4 Å². The number of methoxy groups -OCH3 is 1. The molecule has 6 heteroatoms. The summed E-state index contributed by atoms with van der Waals surface area (Å²) in [6.07, 6.45) is 9.17. The van der Waals surface area contributed by atoms with Gasteiger partial charge in [0.15, 0.2) is 18.1 Å². The lowest BCUT2D eigenvalue weighted by molar-refractivity contribution is -0.136. The predicted octanol–water partition coefficient (Wildman–Crippen LogP) is 5.59. The number of amides is 1. The number of unbranched alkanes of at least 4 members (excludes halogenated alkanes) is 1. The topological polar surface area (TPSA) is 51.2 Å². The third-order valence-corrected chi connectivity index (χ3v) is 8.02. The summed E-state index contributed by atoms with van der Waals surface area (Å²) >= 11 is 0. The number of hydrogen-bond donors (Lipinski definition) is 0. The average molecular weight is 509 g/mol. The van der Waals surface area contributed by atoms with E-state index in [4.69, 9.17) is 14.2 Å². The first kappa shape index (κ1) is 27.3. The Morgan fingerprint density at radius 2 is 1.73 bits per heavy atom. The SMILES string of the molecule is CCCCN1CCOc2ccccc2CCCCC2(CCN(C(=O)COc3ccccc3OC)CC2)C1. The second-order valence-electron chi connectivity index (χ2n) is 10.6. The van der Waals surface area contributed by atoms with Gasteiger partial charge in [-0.15, -0.1) is 0 Å². The molecule has 1 amide bonds. The van der Waals surface area contributed by atoms with Gasteiger partial charge in [-0.05, 0) is 74.2 Å². The zero-order valence-electron chi connectivity index (χ0n) is 22.8. The van der Waals surface area contributed by atoms with E-state index >= 15 is 0 Å². The van der Waals surface area contributed by atoms with E-state index in [2.05, 4.69) is 36.1 Å². The maximum Gasteiger partial charge on any atom is 0.260 e. The Balaban J connectivity index is 1.37. The molecule has 0 unspecified atom stereocenters. The van der Waals surface area contributed by atoms with E-state index in [1.54, 1.807) is 7.11 Å². The lowest BCUT2D eigenvalue weighted by atomic mass is 9.73. The molecule has 1 fully saturated rings. The van der Waals surface area contributed by atoms with Crippen LogP contribution in [0.25, 0.3) is 0 Å². The Morgan fingerprint density at radius 3 is 2.51 bits per heavy atom. The molecule has 2 aromatic rings. The van der Waals surface area contributed by atoms with Crippen LogP contribution in [0.1, 0.15) is 57.4 Å². The number of benzene rings is 2. The summed E-state index contributed by atoms with van der Waals surface area (Å²) in [5.41, 5.74) is 1.58. The highest BCUT2D eigenvalue weighted by atomic mass is 16.5. The van der Waals surface area contributed by atoms with Crippen LogP contribution in [-0.2, 0) is 11.2 Å². The van der Waals surface area contributed by atoms with E-state index in [0.717, 1.165) is 64.3 Å². The van der Waals surface area contributed by atoms with Crippen molar-refractivity contribution in [3.05, 3.63) is 54.1 Å². The van der Waals surface area contributed by atoms with Crippen molar-refractivity contribution in [2.24, 2.45) is 5.41 Å². The second-order valence-corrected chi connectivity index (χ2v) is 10.6. The molecule has 2 aliphatic heterocycles. The van der Waals surface area contributed by atoms with Crippen molar-refractivity contribution in [3.8, 4) is 17.2 Å². The monoisotopic (exact) mass is 508 g/mol. The van der Waals surface area contributed by atoms with Gasteiger partial charge in [-0.1, -0.05) is 50.1 Å². The van der Waals surface area contributed by atoms with Gasteiger partial charge in [0, 0.05) is 26.2 Å². The summed E-state index contributed by atoms with van der Waals surface area (Å²) in [7, 11) is 1.62. The fraction of sp³-hybridized carbons (Fsp3) is 0.581. The van der Waals surface area contributed by atoms with Gasteiger partial charge in [-0.2, -0.15) is 0 Å². The van der Waals surface area contributed by atoms with Crippen LogP contribution in [0.3, 0.4) is 0 Å². The standard InChI is InChI=1S/C31H44N2O4/c1-3-4-19-32-22-23-36-27-13-6-5-11-26(27)12-9-10-16-31(25-32)17-20-33(21-18-31)30(34)24-37-29-15-8-7-14-28(29)35-2/h5-8,11,13-15H,3-4,9-10,12,16-25H2,1-2H3. The average Bonchev–Trinajstić information content (AvgIpc) is 2.93. The molecule has 6 nitrogen and oxygen atoms in total. The Morgan fingerprint density at radius 1 is 0.973 bits per heavy atom. The van der Waals surface area contributed by atoms with Crippen molar-refractivity contribution in [1.82, 2.24) is 9.80 Å². The van der Waals surface area contributed by atoms with Crippen LogP contribution < -0.4 is 14.2 Å². The maximum absolute atomic E-state index is 13.0. The number of nitrogens with zero attached hydrogens (tertiary/aromatic N) is 2. The third-order valence-electron chi connectivity index (χ3n) is 8.02. The Bertz CT molecular complexity index is 987. The molecule has 4 rings (SSSR count). The summed E-state index contributed by atoms with van der Waals surface area (Å²) in [6, 6.07) is 16.0. The van der Waals surface area contributed by atoms with Crippen LogP contribution in [-0.4, -0.2) is 68.8 Å². The zero-order valence-corrected chi connectivity index (χ0v) is 22.8. The van der Waals surface area contributed by atoms with Crippen LogP contribution in [0.4, 0.5) is 0 Å². The first-order chi connectivity index (χ1) is 18.1. The summed E-state index contributed by atoms with van der Waals surface area (Å²) in [6.45, 7) is 7.79. The molecule has 2 aliphatic rings. The van der Waals surface area contributed by atoms with Crippen molar-refractivity contribution >= 4 is 5.91 Å². The normalized spacial score (nSPS) is 18.7. The Kier molecular flexibility index (Phi) is 10.1. The van der Waals surface area contributed by atoms with E-state index in [1.165, 1.54) is 37.7 Å². The van der Waals surface area contributed by atoms with Gasteiger partial charge in [0.05, 0.1) is 7.11 Å². The zero-order chi connectivity index (χ0) is 25.9. The molecule has 0 aromatic heterocycles. The molecule has 2 heterocycles. The molecular weight excluding hydrogens is 464 g/mol. The minimum Gasteiger partial charge on any atom is -0.493 e. The van der Waals surface area contributed by atoms with Gasteiger partial charge in [0.2, 0.25) is 0 Å². The summed E-state index contributed by atoms with van der Waals surface area (Å²) in [5.74, 6) is 2.37. The molecule has 0 atom stereocenters. The van der Waals surface area contributed by atoms with Crippen LogP contribution in [0.5, 0.6) is 17.2 Å². The molecule has 1 spiro atoms. The molecule has 0 radical (unpaired) electrons. The van der Waals surface area contributed by atoms with Crippen molar-refractivity contribution in [3.63, 3.8) is 0 Å². The van der Waals surface area contributed by atoms with Gasteiger partial charge < -0.3 is 19.1 Å². The van der Waals surface area contributed by atoms with Crippen LogP contribution in [0.2, 0.25) is 0 Å². The molecule has 202 valence electrons. The number of likely N-dealkylation sites (tertiary alicyclic amines) is 1. The smallest absolute Gasteiger partial charge is 0.260 e. The minimum absolute atomic E-state index is 0.0484. The van der Waals surface area contributed by atoms with E-state index in [0.29, 0.717) is 11.5 Å². The Hall–Kier alpha value is -2.73. The largest absolute Gasteiger partial charge is 0.493 e. The highest BCUT2D eigenvalue weighted by Gasteiger charge is 2.37. The van der Waals surface area contributed by atoms with Crippen LogP contribution >= 0.6 is 0 Å². The number of fused-ring (bicyclic) bond motifs is 1. The van der Waals surface area contributed by atoms with Crippen molar-refractivity contribution in [2.45, 2.75) is 58.3 Å². The number of ether oxygens (including phenoxy) is 3. The molecular formula is C31H44N2O4. The van der Waals surface area contributed by atoms with Crippen LogP contribution in [0.15, 0.2) is 48.5 Å². The lowest BCUT2D eigenvalue weighted by Gasteiger charge is -2.45. The molecule has 0 N–H and O–H groups in total.